The zero-order valence-electron chi connectivity index (χ0n) is 11.2. The molecule has 1 aromatic carbocycles. The van der Waals surface area contributed by atoms with E-state index in [9.17, 15) is 4.79 Å². The van der Waals surface area contributed by atoms with Gasteiger partial charge in [-0.05, 0) is 17.5 Å². The monoisotopic (exact) mass is 309 g/mol. The average molecular weight is 309 g/mol. The van der Waals surface area contributed by atoms with Gasteiger partial charge >= 0.3 is 5.97 Å². The van der Waals surface area contributed by atoms with E-state index in [1.165, 1.54) is 28.7 Å². The first kappa shape index (κ1) is 14.8. The van der Waals surface area contributed by atoms with Crippen LogP contribution < -0.4 is 5.32 Å². The summed E-state index contributed by atoms with van der Waals surface area (Å²) < 4.78 is 0.650. The quantitative estimate of drug-likeness (QED) is 0.794. The van der Waals surface area contributed by atoms with E-state index in [0.29, 0.717) is 15.4 Å². The third-order valence-electron chi connectivity index (χ3n) is 2.55. The highest BCUT2D eigenvalue weighted by Gasteiger charge is 2.10. The highest BCUT2D eigenvalue weighted by Crippen LogP contribution is 2.30. The number of hydrogen-bond donors (Lipinski definition) is 2. The van der Waals surface area contributed by atoms with Crippen LogP contribution in [0.2, 0.25) is 0 Å². The van der Waals surface area contributed by atoms with Crippen LogP contribution in [0.15, 0.2) is 28.6 Å². The van der Waals surface area contributed by atoms with E-state index >= 15 is 0 Å². The van der Waals surface area contributed by atoms with Crippen LogP contribution >= 0.6 is 23.1 Å². The molecule has 0 aliphatic carbocycles. The first-order chi connectivity index (χ1) is 9.56. The fourth-order valence-electron chi connectivity index (χ4n) is 1.67. The minimum atomic E-state index is -0.857. The Bertz CT molecular complexity index is 599. The van der Waals surface area contributed by atoms with Crippen LogP contribution in [0.1, 0.15) is 25.3 Å². The summed E-state index contributed by atoms with van der Waals surface area (Å²) in [5.41, 5.74) is 2.22. The van der Waals surface area contributed by atoms with Gasteiger partial charge in [0.25, 0.3) is 0 Å². The van der Waals surface area contributed by atoms with Gasteiger partial charge in [0.2, 0.25) is 5.13 Å². The Kier molecular flexibility index (Phi) is 4.97. The first-order valence-electron chi connectivity index (χ1n) is 6.10. The van der Waals surface area contributed by atoms with Gasteiger partial charge in [0.15, 0.2) is 4.34 Å². The van der Waals surface area contributed by atoms with E-state index in [1.807, 2.05) is 18.2 Å². The molecule has 1 aromatic heterocycles. The Balaban J connectivity index is 2.09. The number of benzene rings is 1. The van der Waals surface area contributed by atoms with Crippen molar-refractivity contribution in [2.75, 3.05) is 11.1 Å². The summed E-state index contributed by atoms with van der Waals surface area (Å²) in [6.45, 7) is 4.27. The molecule has 0 fully saturated rings. The predicted molar refractivity (Wildman–Crippen MR) is 82.1 cm³/mol. The van der Waals surface area contributed by atoms with E-state index < -0.39 is 5.97 Å². The number of para-hydroxylation sites is 1. The minimum absolute atomic E-state index is 0.00276. The fraction of sp³-hybridized carbons (Fsp3) is 0.308. The second-order valence-electron chi connectivity index (χ2n) is 4.42. The van der Waals surface area contributed by atoms with Crippen molar-refractivity contribution in [1.82, 2.24) is 10.2 Å². The summed E-state index contributed by atoms with van der Waals surface area (Å²) >= 11 is 2.53. The molecule has 20 heavy (non-hydrogen) atoms. The van der Waals surface area contributed by atoms with Crippen LogP contribution in [0.4, 0.5) is 10.8 Å². The maximum atomic E-state index is 10.5. The van der Waals surface area contributed by atoms with Crippen molar-refractivity contribution in [3.63, 3.8) is 0 Å². The number of thioether (sulfide) groups is 1. The fourth-order valence-corrected chi connectivity index (χ4v) is 3.16. The number of aliphatic carboxylic acids is 1. The topological polar surface area (TPSA) is 75.1 Å². The lowest BCUT2D eigenvalue weighted by Crippen LogP contribution is -1.97. The van der Waals surface area contributed by atoms with Crippen molar-refractivity contribution in [3.8, 4) is 0 Å². The summed E-state index contributed by atoms with van der Waals surface area (Å²) in [5, 5.41) is 20.6. The second kappa shape index (κ2) is 6.71. The van der Waals surface area contributed by atoms with Gasteiger partial charge in [0.1, 0.15) is 0 Å². The predicted octanol–water partition coefficient (Wildman–Crippen LogP) is 3.58. The molecule has 0 spiro atoms. The summed E-state index contributed by atoms with van der Waals surface area (Å²) in [6, 6.07) is 8.05. The lowest BCUT2D eigenvalue weighted by atomic mass is 10.0. The molecule has 0 bridgehead atoms. The first-order valence-corrected chi connectivity index (χ1v) is 7.90. The van der Waals surface area contributed by atoms with E-state index in [4.69, 9.17) is 5.11 Å². The van der Waals surface area contributed by atoms with Crippen LogP contribution in [0, 0.1) is 0 Å². The third kappa shape index (κ3) is 3.94. The maximum absolute atomic E-state index is 10.5. The van der Waals surface area contributed by atoms with Crippen LogP contribution in [0.3, 0.4) is 0 Å². The van der Waals surface area contributed by atoms with Crippen LogP contribution in [0.5, 0.6) is 0 Å². The van der Waals surface area contributed by atoms with Crippen LogP contribution in [-0.2, 0) is 4.79 Å². The summed E-state index contributed by atoms with van der Waals surface area (Å²) in [5.74, 6) is -0.450. The second-order valence-corrected chi connectivity index (χ2v) is 6.62. The zero-order chi connectivity index (χ0) is 14.5. The van der Waals surface area contributed by atoms with Gasteiger partial charge in [-0.2, -0.15) is 0 Å². The molecule has 7 heteroatoms. The molecule has 106 valence electrons. The van der Waals surface area contributed by atoms with Crippen molar-refractivity contribution in [1.29, 1.82) is 0 Å². The Morgan fingerprint density at radius 3 is 2.85 bits per heavy atom. The lowest BCUT2D eigenvalue weighted by Gasteiger charge is -2.12. The smallest absolute Gasteiger partial charge is 0.313 e. The normalized spacial score (nSPS) is 10.8. The number of hydrogen-bond acceptors (Lipinski definition) is 6. The molecule has 0 saturated carbocycles. The van der Waals surface area contributed by atoms with Gasteiger partial charge in [-0.1, -0.05) is 55.1 Å². The standard InChI is InChI=1S/C13H15N3O2S2/c1-8(2)9-5-3-4-6-10(9)14-12-15-16-13(20-12)19-7-11(17)18/h3-6,8H,7H2,1-2H3,(H,14,15)(H,17,18). The van der Waals surface area contributed by atoms with Gasteiger partial charge in [-0.25, -0.2) is 0 Å². The molecular formula is C13H15N3O2S2. The molecule has 0 atom stereocenters. The number of aromatic nitrogens is 2. The third-order valence-corrected chi connectivity index (χ3v) is 4.51. The highest BCUT2D eigenvalue weighted by atomic mass is 32.2. The molecule has 1 heterocycles. The molecule has 0 radical (unpaired) electrons. The van der Waals surface area contributed by atoms with Gasteiger partial charge in [0.05, 0.1) is 5.75 Å². The average Bonchev–Trinajstić information content (AvgIpc) is 2.84. The number of rotatable bonds is 6. The highest BCUT2D eigenvalue weighted by molar-refractivity contribution is 8.01. The number of nitrogens with one attached hydrogen (secondary N) is 1. The zero-order valence-corrected chi connectivity index (χ0v) is 12.8. The van der Waals surface area contributed by atoms with E-state index in [0.717, 1.165) is 5.69 Å². The van der Waals surface area contributed by atoms with Crippen LogP contribution in [-0.4, -0.2) is 27.0 Å². The van der Waals surface area contributed by atoms with Gasteiger partial charge < -0.3 is 10.4 Å². The van der Waals surface area contributed by atoms with Crippen molar-refractivity contribution in [3.05, 3.63) is 29.8 Å². The number of nitrogens with zero attached hydrogens (tertiary/aromatic N) is 2. The van der Waals surface area contributed by atoms with Crippen LogP contribution in [0.25, 0.3) is 0 Å². The van der Waals surface area contributed by atoms with E-state index in [-0.39, 0.29) is 5.75 Å². The Labute approximate surface area is 125 Å². The molecule has 0 amide bonds. The largest absolute Gasteiger partial charge is 0.481 e. The van der Waals surface area contributed by atoms with Crippen molar-refractivity contribution in [2.45, 2.75) is 24.1 Å². The molecule has 2 rings (SSSR count). The molecule has 2 N–H and O–H groups in total. The Hall–Kier alpha value is -1.60. The van der Waals surface area contributed by atoms with Crippen molar-refractivity contribution < 1.29 is 9.90 Å². The van der Waals surface area contributed by atoms with E-state index in [1.54, 1.807) is 0 Å². The maximum Gasteiger partial charge on any atom is 0.313 e. The summed E-state index contributed by atoms with van der Waals surface area (Å²) in [4.78, 5) is 10.5. The van der Waals surface area contributed by atoms with Gasteiger partial charge in [-0.15, -0.1) is 10.2 Å². The molecule has 0 aliphatic heterocycles. The van der Waals surface area contributed by atoms with Crippen molar-refractivity contribution in [2.24, 2.45) is 0 Å². The van der Waals surface area contributed by atoms with Gasteiger partial charge in [0, 0.05) is 5.69 Å². The minimum Gasteiger partial charge on any atom is -0.481 e. The SMILES string of the molecule is CC(C)c1ccccc1Nc1nnc(SCC(=O)O)s1. The number of carbonyl (C=O) groups is 1. The van der Waals surface area contributed by atoms with Crippen molar-refractivity contribution >= 4 is 39.9 Å². The number of carboxylic acid groups (broad SMARTS) is 1. The van der Waals surface area contributed by atoms with E-state index in [2.05, 4.69) is 35.4 Å². The molecular weight excluding hydrogens is 294 g/mol. The number of carboxylic acids is 1. The Morgan fingerprint density at radius 2 is 2.15 bits per heavy atom. The van der Waals surface area contributed by atoms with Gasteiger partial charge in [-0.3, -0.25) is 4.79 Å². The number of anilines is 2. The molecule has 0 unspecified atom stereocenters. The molecule has 5 nitrogen and oxygen atoms in total. The Morgan fingerprint density at radius 1 is 1.40 bits per heavy atom. The summed E-state index contributed by atoms with van der Waals surface area (Å²) in [7, 11) is 0. The molecule has 0 saturated heterocycles. The molecule has 0 aliphatic rings. The summed E-state index contributed by atoms with van der Waals surface area (Å²) in [6.07, 6.45) is 0. The molecule has 2 aromatic rings. The lowest BCUT2D eigenvalue weighted by molar-refractivity contribution is -0.133.